The van der Waals surface area contributed by atoms with Crippen LogP contribution in [0.2, 0.25) is 0 Å². The molecule has 2 aliphatic carbocycles. The third-order valence-corrected chi connectivity index (χ3v) is 11.6. The summed E-state index contributed by atoms with van der Waals surface area (Å²) < 4.78 is 29.2. The van der Waals surface area contributed by atoms with E-state index in [4.69, 9.17) is 0 Å². The molecular formula is C29H40N2O4S2. The van der Waals surface area contributed by atoms with Crippen LogP contribution < -0.4 is 0 Å². The van der Waals surface area contributed by atoms with Crippen LogP contribution >= 0.6 is 11.3 Å². The summed E-state index contributed by atoms with van der Waals surface area (Å²) in [7, 11) is -3.85. The molecule has 2 atom stereocenters. The molecule has 2 bridgehead atoms. The molecule has 1 amide bonds. The molecule has 6 nitrogen and oxygen atoms in total. The molecule has 37 heavy (non-hydrogen) atoms. The van der Waals surface area contributed by atoms with E-state index in [1.54, 1.807) is 16.2 Å². The van der Waals surface area contributed by atoms with Crippen LogP contribution in [0.15, 0.2) is 41.8 Å². The monoisotopic (exact) mass is 544 g/mol. The lowest BCUT2D eigenvalue weighted by Gasteiger charge is -2.38. The number of thiophene rings is 1. The van der Waals surface area contributed by atoms with Crippen molar-refractivity contribution in [3.63, 3.8) is 0 Å². The Balaban J connectivity index is 1.59. The van der Waals surface area contributed by atoms with Crippen LogP contribution in [0.1, 0.15) is 63.0 Å². The Labute approximate surface area is 226 Å². The van der Waals surface area contributed by atoms with Crippen molar-refractivity contribution in [2.24, 2.45) is 22.7 Å². The number of hydrogen-bond acceptors (Lipinski definition) is 5. The van der Waals surface area contributed by atoms with Crippen LogP contribution in [-0.2, 0) is 32.7 Å². The van der Waals surface area contributed by atoms with Crippen LogP contribution in [0.25, 0.3) is 0 Å². The normalized spacial score (nSPS) is 22.8. The number of hydrogen-bond donors (Lipinski definition) is 0. The highest BCUT2D eigenvalue weighted by Gasteiger charge is 2.65. The number of nitrogens with zero attached hydrogens (tertiary/aromatic N) is 2. The van der Waals surface area contributed by atoms with Gasteiger partial charge in [-0.3, -0.25) is 9.59 Å². The van der Waals surface area contributed by atoms with Gasteiger partial charge in [0.25, 0.3) is 0 Å². The van der Waals surface area contributed by atoms with Crippen LogP contribution in [0.5, 0.6) is 0 Å². The first kappa shape index (κ1) is 28.0. The summed E-state index contributed by atoms with van der Waals surface area (Å²) >= 11 is 1.61. The number of amides is 1. The molecule has 8 heteroatoms. The fourth-order valence-electron chi connectivity index (χ4n) is 6.22. The quantitative estimate of drug-likeness (QED) is 0.386. The van der Waals surface area contributed by atoms with Crippen molar-refractivity contribution in [1.82, 2.24) is 9.21 Å². The maximum atomic E-state index is 13.9. The van der Waals surface area contributed by atoms with E-state index in [0.29, 0.717) is 25.9 Å². The minimum absolute atomic E-state index is 0.0470. The second-order valence-electron chi connectivity index (χ2n) is 11.9. The van der Waals surface area contributed by atoms with Gasteiger partial charge in [0.1, 0.15) is 5.78 Å². The summed E-state index contributed by atoms with van der Waals surface area (Å²) in [6.07, 6.45) is 1.98. The Bertz CT molecular complexity index is 1240. The lowest BCUT2D eigenvalue weighted by atomic mass is 9.70. The number of benzene rings is 1. The van der Waals surface area contributed by atoms with Gasteiger partial charge in [-0.1, -0.05) is 58.0 Å². The number of aryl methyl sites for hydroxylation is 1. The summed E-state index contributed by atoms with van der Waals surface area (Å²) in [5, 5.41) is 2.01. The number of carbonyl (C=O) groups excluding carboxylic acids is 2. The second kappa shape index (κ2) is 10.6. The maximum absolute atomic E-state index is 13.9. The molecule has 0 saturated heterocycles. The van der Waals surface area contributed by atoms with Gasteiger partial charge in [0.2, 0.25) is 15.9 Å². The topological polar surface area (TPSA) is 74.8 Å². The highest BCUT2D eigenvalue weighted by Crippen LogP contribution is 2.64. The van der Waals surface area contributed by atoms with Crippen molar-refractivity contribution >= 4 is 33.1 Å². The second-order valence-corrected chi connectivity index (χ2v) is 14.8. The standard InChI is InChI=1S/C29H40N2O4S2/c1-21(2)16-31(37(34,35)20-29-13-11-24(15-26(29)32)28(29,4)5)19-27(33)30(17-23-9-7-6-8-10-23)18-25-22(3)12-14-36-25/h6-10,12,14,21,24H,11,13,15-20H2,1-5H3. The minimum atomic E-state index is -3.85. The van der Waals surface area contributed by atoms with Gasteiger partial charge in [0, 0.05) is 29.8 Å². The number of rotatable bonds is 11. The minimum Gasteiger partial charge on any atom is -0.332 e. The lowest BCUT2D eigenvalue weighted by Crippen LogP contribution is -2.50. The van der Waals surface area contributed by atoms with Crippen molar-refractivity contribution in [2.75, 3.05) is 18.8 Å². The zero-order chi connectivity index (χ0) is 27.0. The SMILES string of the molecule is Cc1ccsc1CN(Cc1ccccc1)C(=O)CN(CC(C)C)S(=O)(=O)CC12CCC(CC1=O)C2(C)C. The highest BCUT2D eigenvalue weighted by molar-refractivity contribution is 7.89. The zero-order valence-corrected chi connectivity index (χ0v) is 24.3. The number of ketones is 1. The van der Waals surface area contributed by atoms with Crippen molar-refractivity contribution < 1.29 is 18.0 Å². The molecule has 1 aromatic carbocycles. The molecule has 2 unspecified atom stereocenters. The van der Waals surface area contributed by atoms with Gasteiger partial charge in [-0.25, -0.2) is 8.42 Å². The predicted molar refractivity (Wildman–Crippen MR) is 149 cm³/mol. The number of sulfonamides is 1. The van der Waals surface area contributed by atoms with Crippen molar-refractivity contribution in [3.8, 4) is 0 Å². The Morgan fingerprint density at radius 3 is 2.38 bits per heavy atom. The zero-order valence-electron chi connectivity index (χ0n) is 22.7. The molecule has 2 aliphatic rings. The maximum Gasteiger partial charge on any atom is 0.238 e. The largest absolute Gasteiger partial charge is 0.332 e. The van der Waals surface area contributed by atoms with Crippen LogP contribution in [0, 0.1) is 29.6 Å². The third-order valence-electron chi connectivity index (χ3n) is 8.71. The molecule has 1 aromatic heterocycles. The molecule has 0 N–H and O–H groups in total. The van der Waals surface area contributed by atoms with E-state index in [0.717, 1.165) is 22.4 Å². The van der Waals surface area contributed by atoms with E-state index in [1.165, 1.54) is 4.31 Å². The fraction of sp³-hybridized carbons (Fsp3) is 0.586. The summed E-state index contributed by atoms with van der Waals surface area (Å²) in [5.74, 6) is -0.0614. The van der Waals surface area contributed by atoms with Crippen LogP contribution in [0.3, 0.4) is 0 Å². The fourth-order valence-corrected chi connectivity index (χ4v) is 9.46. The number of Topliss-reactive ketones (excluding diaryl/α,β-unsaturated/α-hetero) is 1. The molecule has 0 radical (unpaired) electrons. The van der Waals surface area contributed by atoms with E-state index in [9.17, 15) is 18.0 Å². The average Bonchev–Trinajstić information content (AvgIpc) is 3.39. The summed E-state index contributed by atoms with van der Waals surface area (Å²) in [6, 6.07) is 11.8. The molecule has 1 heterocycles. The first-order valence-electron chi connectivity index (χ1n) is 13.2. The molecular weight excluding hydrogens is 504 g/mol. The average molecular weight is 545 g/mol. The number of carbonyl (C=O) groups is 2. The van der Waals surface area contributed by atoms with Gasteiger partial charge in [-0.2, -0.15) is 4.31 Å². The smallest absolute Gasteiger partial charge is 0.238 e. The summed E-state index contributed by atoms with van der Waals surface area (Å²) in [6.45, 7) is 10.9. The van der Waals surface area contributed by atoms with Crippen molar-refractivity contribution in [3.05, 3.63) is 57.8 Å². The first-order valence-corrected chi connectivity index (χ1v) is 15.7. The van der Waals surface area contributed by atoms with Gasteiger partial charge in [0.15, 0.2) is 0 Å². The molecule has 2 aromatic rings. The van der Waals surface area contributed by atoms with Crippen LogP contribution in [0.4, 0.5) is 0 Å². The molecule has 2 fully saturated rings. The predicted octanol–water partition coefficient (Wildman–Crippen LogP) is 5.27. The Kier molecular flexibility index (Phi) is 8.03. The van der Waals surface area contributed by atoms with Gasteiger partial charge in [-0.15, -0.1) is 11.3 Å². The molecule has 0 spiro atoms. The Hall–Kier alpha value is -2.03. The van der Waals surface area contributed by atoms with Crippen molar-refractivity contribution in [2.45, 2.75) is 67.0 Å². The van der Waals surface area contributed by atoms with E-state index in [-0.39, 0.29) is 47.8 Å². The summed E-state index contributed by atoms with van der Waals surface area (Å²) in [4.78, 5) is 29.7. The number of fused-ring (bicyclic) bond motifs is 2. The Morgan fingerprint density at radius 2 is 1.84 bits per heavy atom. The van der Waals surface area contributed by atoms with Crippen molar-refractivity contribution in [1.29, 1.82) is 0 Å². The molecule has 0 aliphatic heterocycles. The van der Waals surface area contributed by atoms with E-state index < -0.39 is 15.4 Å². The molecule has 2 saturated carbocycles. The van der Waals surface area contributed by atoms with Gasteiger partial charge >= 0.3 is 0 Å². The highest BCUT2D eigenvalue weighted by atomic mass is 32.2. The first-order chi connectivity index (χ1) is 17.4. The molecule has 202 valence electrons. The summed E-state index contributed by atoms with van der Waals surface area (Å²) in [5.41, 5.74) is 0.921. The third kappa shape index (κ3) is 5.57. The van der Waals surface area contributed by atoms with Gasteiger partial charge in [-0.05, 0) is 59.6 Å². The van der Waals surface area contributed by atoms with E-state index in [2.05, 4.69) is 0 Å². The van der Waals surface area contributed by atoms with Crippen LogP contribution in [-0.4, -0.2) is 48.2 Å². The lowest BCUT2D eigenvalue weighted by molar-refractivity contribution is -0.132. The van der Waals surface area contributed by atoms with Gasteiger partial charge < -0.3 is 4.90 Å². The van der Waals surface area contributed by atoms with E-state index >= 15 is 0 Å². The van der Waals surface area contributed by atoms with Gasteiger partial charge in [0.05, 0.1) is 18.8 Å². The molecule has 4 rings (SSSR count). The van der Waals surface area contributed by atoms with E-state index in [1.807, 2.05) is 76.4 Å². The Morgan fingerprint density at radius 1 is 1.14 bits per heavy atom.